The van der Waals surface area contributed by atoms with Gasteiger partial charge in [-0.2, -0.15) is 0 Å². The normalized spacial score (nSPS) is 13.6. The van der Waals surface area contributed by atoms with E-state index in [4.69, 9.17) is 4.74 Å². The van der Waals surface area contributed by atoms with Gasteiger partial charge in [-0.05, 0) is 30.9 Å². The molecule has 2 heteroatoms. The van der Waals surface area contributed by atoms with E-state index in [1.54, 1.807) is 0 Å². The summed E-state index contributed by atoms with van der Waals surface area (Å²) in [6.07, 6.45) is 5.48. The van der Waals surface area contributed by atoms with Crippen molar-refractivity contribution in [3.05, 3.63) is 48.0 Å². The predicted molar refractivity (Wildman–Crippen MR) is 83.5 cm³/mol. The molecule has 2 unspecified atom stereocenters. The van der Waals surface area contributed by atoms with Crippen molar-refractivity contribution in [2.45, 2.75) is 52.6 Å². The first-order chi connectivity index (χ1) is 9.63. The summed E-state index contributed by atoms with van der Waals surface area (Å²) in [5.74, 6) is 0.0214. The van der Waals surface area contributed by atoms with Crippen LogP contribution in [0.25, 0.3) is 0 Å². The topological polar surface area (TPSA) is 26.3 Å². The van der Waals surface area contributed by atoms with Crippen LogP contribution in [0.4, 0.5) is 0 Å². The van der Waals surface area contributed by atoms with Crippen molar-refractivity contribution in [3.8, 4) is 0 Å². The lowest BCUT2D eigenvalue weighted by atomic mass is 9.87. The van der Waals surface area contributed by atoms with Gasteiger partial charge in [0.05, 0.1) is 0 Å². The van der Waals surface area contributed by atoms with Gasteiger partial charge in [0.1, 0.15) is 6.10 Å². The van der Waals surface area contributed by atoms with E-state index < -0.39 is 0 Å². The molecule has 20 heavy (non-hydrogen) atoms. The van der Waals surface area contributed by atoms with Crippen LogP contribution >= 0.6 is 0 Å². The molecule has 1 aromatic carbocycles. The Kier molecular flexibility index (Phi) is 7.06. The van der Waals surface area contributed by atoms with Crippen LogP contribution in [-0.4, -0.2) is 5.97 Å². The third kappa shape index (κ3) is 4.52. The van der Waals surface area contributed by atoms with Gasteiger partial charge < -0.3 is 4.74 Å². The van der Waals surface area contributed by atoms with Gasteiger partial charge in [0.15, 0.2) is 0 Å². The average Bonchev–Trinajstić information content (AvgIpc) is 2.47. The van der Waals surface area contributed by atoms with Crippen molar-refractivity contribution in [2.75, 3.05) is 0 Å². The summed E-state index contributed by atoms with van der Waals surface area (Å²) < 4.78 is 5.66. The highest BCUT2D eigenvalue weighted by Crippen LogP contribution is 2.34. The highest BCUT2D eigenvalue weighted by molar-refractivity contribution is 5.81. The van der Waals surface area contributed by atoms with E-state index in [1.807, 2.05) is 12.1 Å². The van der Waals surface area contributed by atoms with Crippen LogP contribution < -0.4 is 0 Å². The van der Waals surface area contributed by atoms with E-state index in [0.29, 0.717) is 5.92 Å². The Bertz CT molecular complexity index is 437. The van der Waals surface area contributed by atoms with Crippen molar-refractivity contribution in [2.24, 2.45) is 5.92 Å². The van der Waals surface area contributed by atoms with Gasteiger partial charge in [-0.15, -0.1) is 0 Å². The number of unbranched alkanes of at least 4 members (excludes halogenated alkanes) is 1. The zero-order chi connectivity index (χ0) is 15.0. The maximum Gasteiger partial charge on any atom is 0.330 e. The second-order valence-electron chi connectivity index (χ2n) is 5.23. The van der Waals surface area contributed by atoms with E-state index in [0.717, 1.165) is 31.2 Å². The fourth-order valence-corrected chi connectivity index (χ4v) is 2.53. The molecule has 0 spiro atoms. The number of benzene rings is 1. The Labute approximate surface area is 122 Å². The van der Waals surface area contributed by atoms with Gasteiger partial charge in [-0.1, -0.05) is 57.5 Å². The number of ether oxygens (including phenoxy) is 1. The Morgan fingerprint density at radius 1 is 1.35 bits per heavy atom. The maximum absolute atomic E-state index is 11.7. The predicted octanol–water partition coefficient (Wildman–Crippen LogP) is 4.98. The zero-order valence-corrected chi connectivity index (χ0v) is 12.9. The van der Waals surface area contributed by atoms with E-state index in [1.165, 1.54) is 11.6 Å². The molecular weight excluding hydrogens is 248 g/mol. The van der Waals surface area contributed by atoms with Gasteiger partial charge >= 0.3 is 5.97 Å². The third-order valence-corrected chi connectivity index (χ3v) is 3.79. The van der Waals surface area contributed by atoms with Crippen LogP contribution in [0, 0.1) is 12.8 Å². The molecule has 0 fully saturated rings. The van der Waals surface area contributed by atoms with Crippen molar-refractivity contribution in [1.82, 2.24) is 0 Å². The summed E-state index contributed by atoms with van der Waals surface area (Å²) in [5, 5.41) is 0. The maximum atomic E-state index is 11.7. The Morgan fingerprint density at radius 3 is 2.60 bits per heavy atom. The number of esters is 1. The molecular formula is C18H26O2. The van der Waals surface area contributed by atoms with E-state index in [9.17, 15) is 4.79 Å². The molecule has 0 aromatic heterocycles. The van der Waals surface area contributed by atoms with Crippen LogP contribution in [0.5, 0.6) is 0 Å². The molecule has 1 rings (SSSR count). The van der Waals surface area contributed by atoms with Gasteiger partial charge in [0.2, 0.25) is 0 Å². The smallest absolute Gasteiger partial charge is 0.330 e. The van der Waals surface area contributed by atoms with Crippen molar-refractivity contribution in [3.63, 3.8) is 0 Å². The Morgan fingerprint density at radius 2 is 2.05 bits per heavy atom. The second kappa shape index (κ2) is 8.57. The summed E-state index contributed by atoms with van der Waals surface area (Å²) in [6.45, 7) is 9.91. The number of carbonyl (C=O) groups is 1. The number of hydrogen-bond acceptors (Lipinski definition) is 2. The summed E-state index contributed by atoms with van der Waals surface area (Å²) in [6, 6.07) is 8.14. The van der Waals surface area contributed by atoms with Crippen LogP contribution in [0.1, 0.15) is 56.8 Å². The number of carbonyl (C=O) groups excluding carboxylic acids is 1. The fourth-order valence-electron chi connectivity index (χ4n) is 2.53. The summed E-state index contributed by atoms with van der Waals surface area (Å²) in [7, 11) is 0. The highest BCUT2D eigenvalue weighted by Gasteiger charge is 2.25. The molecule has 0 saturated carbocycles. The van der Waals surface area contributed by atoms with Crippen LogP contribution in [0.15, 0.2) is 36.9 Å². The van der Waals surface area contributed by atoms with Crippen molar-refractivity contribution in [1.29, 1.82) is 0 Å². The molecule has 110 valence electrons. The second-order valence-corrected chi connectivity index (χ2v) is 5.23. The Balaban J connectivity index is 3.03. The molecule has 2 nitrogen and oxygen atoms in total. The van der Waals surface area contributed by atoms with E-state index >= 15 is 0 Å². The van der Waals surface area contributed by atoms with Gasteiger partial charge in [0, 0.05) is 12.0 Å². The van der Waals surface area contributed by atoms with Crippen LogP contribution in [0.2, 0.25) is 0 Å². The molecule has 0 aliphatic rings. The molecule has 2 atom stereocenters. The van der Waals surface area contributed by atoms with Crippen LogP contribution in [-0.2, 0) is 9.53 Å². The lowest BCUT2D eigenvalue weighted by molar-refractivity contribution is -0.146. The quantitative estimate of drug-likeness (QED) is 0.493. The third-order valence-electron chi connectivity index (χ3n) is 3.79. The monoisotopic (exact) mass is 274 g/mol. The summed E-state index contributed by atoms with van der Waals surface area (Å²) >= 11 is 0. The average molecular weight is 274 g/mol. The molecule has 0 amide bonds. The minimum absolute atomic E-state index is 0.168. The highest BCUT2D eigenvalue weighted by atomic mass is 16.5. The van der Waals surface area contributed by atoms with E-state index in [-0.39, 0.29) is 12.1 Å². The minimum atomic E-state index is -0.340. The SMILES string of the molecule is C=CC(=O)OC(c1ccccc1C)C(CC)CCCC. The lowest BCUT2D eigenvalue weighted by Gasteiger charge is -2.27. The van der Waals surface area contributed by atoms with E-state index in [2.05, 4.69) is 39.5 Å². The number of hydrogen-bond donors (Lipinski definition) is 0. The standard InChI is InChI=1S/C18H26O2/c1-5-8-12-15(6-2)18(20-17(19)7-3)16-13-10-9-11-14(16)4/h7,9-11,13,15,18H,3,5-6,8,12H2,1-2,4H3. The van der Waals surface area contributed by atoms with Crippen LogP contribution in [0.3, 0.4) is 0 Å². The minimum Gasteiger partial charge on any atom is -0.454 e. The largest absolute Gasteiger partial charge is 0.454 e. The van der Waals surface area contributed by atoms with Crippen molar-refractivity contribution >= 4 is 5.97 Å². The van der Waals surface area contributed by atoms with Gasteiger partial charge in [-0.3, -0.25) is 0 Å². The summed E-state index contributed by atoms with van der Waals surface area (Å²) in [5.41, 5.74) is 2.29. The molecule has 0 bridgehead atoms. The number of rotatable bonds is 8. The molecule has 0 N–H and O–H groups in total. The molecule has 0 aliphatic carbocycles. The Hall–Kier alpha value is -1.57. The molecule has 0 heterocycles. The van der Waals surface area contributed by atoms with Gasteiger partial charge in [-0.25, -0.2) is 4.79 Å². The zero-order valence-electron chi connectivity index (χ0n) is 12.9. The fraction of sp³-hybridized carbons (Fsp3) is 0.500. The summed E-state index contributed by atoms with van der Waals surface area (Å²) in [4.78, 5) is 11.7. The molecule has 0 radical (unpaired) electrons. The first-order valence-electron chi connectivity index (χ1n) is 7.52. The van der Waals surface area contributed by atoms with Gasteiger partial charge in [0.25, 0.3) is 0 Å². The molecule has 0 saturated heterocycles. The molecule has 0 aliphatic heterocycles. The lowest BCUT2D eigenvalue weighted by Crippen LogP contribution is -2.19. The number of aryl methyl sites for hydroxylation is 1. The molecule has 1 aromatic rings. The van der Waals surface area contributed by atoms with Crippen molar-refractivity contribution < 1.29 is 9.53 Å². The first kappa shape index (κ1) is 16.5. The first-order valence-corrected chi connectivity index (χ1v) is 7.52.